The summed E-state index contributed by atoms with van der Waals surface area (Å²) in [5.74, 6) is -7.67. The number of hydrogen-bond acceptors (Lipinski definition) is 20. The highest BCUT2D eigenvalue weighted by molar-refractivity contribution is 6.70. The second-order valence-electron chi connectivity index (χ2n) is 29.6. The minimum absolute atomic E-state index is 0.0180. The van der Waals surface area contributed by atoms with Crippen LogP contribution >= 0.6 is 46.4 Å². The van der Waals surface area contributed by atoms with Crippen LogP contribution in [0.3, 0.4) is 0 Å². The lowest BCUT2D eigenvalue weighted by Gasteiger charge is -2.31. The van der Waals surface area contributed by atoms with Crippen LogP contribution in [0.4, 0.5) is 62.9 Å². The molecule has 5 aromatic carbocycles. The molecule has 0 unspecified atom stereocenters. The van der Waals surface area contributed by atoms with Crippen molar-refractivity contribution in [3.8, 4) is 0 Å². The lowest BCUT2D eigenvalue weighted by Crippen LogP contribution is -2.48. The molecule has 594 valence electrons. The van der Waals surface area contributed by atoms with Gasteiger partial charge in [0.2, 0.25) is 0 Å². The Morgan fingerprint density at radius 3 is 0.973 bits per heavy atom. The molecule has 0 fully saturated rings. The number of carbonyl (C=O) groups is 12. The summed E-state index contributed by atoms with van der Waals surface area (Å²) in [6.07, 6.45) is -6.61. The Kier molecular flexibility index (Phi) is 30.1. The number of amides is 10. The predicted molar refractivity (Wildman–Crippen MR) is 426 cm³/mol. The van der Waals surface area contributed by atoms with Gasteiger partial charge in [-0.2, -0.15) is 20.2 Å². The van der Waals surface area contributed by atoms with E-state index in [4.69, 9.17) is 74.8 Å². The summed E-state index contributed by atoms with van der Waals surface area (Å²) in [5.41, 5.74) is -11.2. The average Bonchev–Trinajstić information content (AvgIpc) is 0.769. The van der Waals surface area contributed by atoms with E-state index in [1.165, 1.54) is 90.9 Å². The van der Waals surface area contributed by atoms with Gasteiger partial charge in [-0.15, -0.1) is 0 Å². The Bertz CT molecular complexity index is 4240. The number of anilines is 6. The minimum atomic E-state index is -1.62. The van der Waals surface area contributed by atoms with Crippen molar-refractivity contribution < 1.29 is 86.0 Å². The predicted octanol–water partition coefficient (Wildman–Crippen LogP) is 20.3. The van der Waals surface area contributed by atoms with Crippen LogP contribution in [-0.2, 0) is 47.6 Å². The van der Waals surface area contributed by atoms with E-state index >= 15 is 24.0 Å². The van der Waals surface area contributed by atoms with Crippen LogP contribution in [0, 0.1) is 27.7 Å². The zero-order chi connectivity index (χ0) is 83.6. The van der Waals surface area contributed by atoms with Gasteiger partial charge in [-0.25, -0.2) is 48.4 Å². The van der Waals surface area contributed by atoms with Crippen LogP contribution < -0.4 is 29.6 Å². The van der Waals surface area contributed by atoms with Crippen LogP contribution in [0.1, 0.15) is 220 Å². The maximum absolute atomic E-state index is 15.8. The maximum Gasteiger partial charge on any atom is 0.435 e. The number of hydrazone groups is 2. The van der Waals surface area contributed by atoms with Crippen molar-refractivity contribution >= 4 is 164 Å². The Labute approximate surface area is 662 Å². The largest absolute Gasteiger partial charge is 0.443 e. The molecule has 110 heavy (non-hydrogen) atoms. The summed E-state index contributed by atoms with van der Waals surface area (Å²) in [4.78, 5) is 181. The van der Waals surface area contributed by atoms with E-state index in [1.54, 1.807) is 122 Å². The molecule has 0 bridgehead atoms. The summed E-state index contributed by atoms with van der Waals surface area (Å²) in [6.45, 7) is 37.1. The first-order valence-corrected chi connectivity index (χ1v) is 37.1. The van der Waals surface area contributed by atoms with E-state index in [0.717, 1.165) is 47.9 Å². The quantitative estimate of drug-likeness (QED) is 0.0215. The Hall–Kier alpha value is -9.76. The van der Waals surface area contributed by atoms with E-state index in [9.17, 15) is 33.6 Å². The number of ether oxygens (including phenoxy) is 6. The first-order valence-electron chi connectivity index (χ1n) is 35.6. The van der Waals surface area contributed by atoms with Crippen LogP contribution in [0.5, 0.6) is 0 Å². The molecular formula is C80H98Cl4N8O18. The molecule has 5 aromatic rings. The Balaban J connectivity index is 1.85. The van der Waals surface area contributed by atoms with Crippen molar-refractivity contribution in [3.63, 3.8) is 0 Å². The van der Waals surface area contributed by atoms with Gasteiger partial charge in [-0.1, -0.05) is 106 Å². The highest BCUT2D eigenvalue weighted by atomic mass is 35.5. The topological polar surface area (TPSA) is 304 Å². The van der Waals surface area contributed by atoms with Crippen LogP contribution in [0.15, 0.2) is 95.1 Å². The summed E-state index contributed by atoms with van der Waals surface area (Å²) >= 11 is 27.6. The zero-order valence-corrected chi connectivity index (χ0v) is 69.8. The third-order valence-electron chi connectivity index (χ3n) is 18.5. The maximum atomic E-state index is 15.8. The molecule has 0 atom stereocenters. The van der Waals surface area contributed by atoms with E-state index in [1.807, 2.05) is 0 Å². The highest BCUT2D eigenvalue weighted by Gasteiger charge is 2.43. The molecule has 0 spiro atoms. The van der Waals surface area contributed by atoms with E-state index in [-0.39, 0.29) is 68.8 Å². The number of rotatable bonds is 26. The molecule has 0 saturated carbocycles. The molecule has 0 aliphatic carbocycles. The van der Waals surface area contributed by atoms with Crippen molar-refractivity contribution in [1.82, 2.24) is 0 Å². The van der Waals surface area contributed by atoms with E-state index < -0.39 is 145 Å². The van der Waals surface area contributed by atoms with E-state index in [0.29, 0.717) is 49.3 Å². The first-order chi connectivity index (χ1) is 50.8. The molecule has 5 rings (SSSR count). The fourth-order valence-corrected chi connectivity index (χ4v) is 10.2. The Morgan fingerprint density at radius 2 is 0.636 bits per heavy atom. The number of imide groups is 4. The van der Waals surface area contributed by atoms with Crippen molar-refractivity contribution in [2.24, 2.45) is 10.2 Å². The van der Waals surface area contributed by atoms with Gasteiger partial charge >= 0.3 is 36.6 Å². The van der Waals surface area contributed by atoms with Gasteiger partial charge in [0.15, 0.2) is 23.0 Å². The monoisotopic (exact) mass is 1600 g/mol. The van der Waals surface area contributed by atoms with Crippen molar-refractivity contribution in [2.75, 3.05) is 29.6 Å². The van der Waals surface area contributed by atoms with Crippen LogP contribution in [-0.4, -0.2) is 117 Å². The minimum Gasteiger partial charge on any atom is -0.443 e. The van der Waals surface area contributed by atoms with Crippen LogP contribution in [0.25, 0.3) is 0 Å². The second kappa shape index (κ2) is 36.4. The number of nitrogens with zero attached hydrogens (tertiary/aromatic N) is 8. The number of aryl methyl sites for hydroxylation is 2. The lowest BCUT2D eigenvalue weighted by molar-refractivity contribution is -0.117. The van der Waals surface area contributed by atoms with Crippen molar-refractivity contribution in [2.45, 2.75) is 238 Å². The average molecular weight is 1600 g/mol. The molecule has 30 heteroatoms. The van der Waals surface area contributed by atoms with Gasteiger partial charge in [0, 0.05) is 30.0 Å². The number of halogens is 4. The smallest absolute Gasteiger partial charge is 0.435 e. The van der Waals surface area contributed by atoms with Crippen molar-refractivity contribution in [1.29, 1.82) is 0 Å². The highest BCUT2D eigenvalue weighted by Crippen LogP contribution is 2.40. The van der Waals surface area contributed by atoms with E-state index in [2.05, 4.69) is 10.2 Å². The molecule has 0 heterocycles. The third kappa shape index (κ3) is 22.3. The summed E-state index contributed by atoms with van der Waals surface area (Å²) in [7, 11) is 0. The second-order valence-corrected chi connectivity index (χ2v) is 31.2. The number of ketones is 2. The van der Waals surface area contributed by atoms with Gasteiger partial charge in [0.05, 0.1) is 49.2 Å². The lowest BCUT2D eigenvalue weighted by atomic mass is 10.1. The third-order valence-corrected chi connectivity index (χ3v) is 19.9. The summed E-state index contributed by atoms with van der Waals surface area (Å²) < 4.78 is 35.4. The van der Waals surface area contributed by atoms with Gasteiger partial charge in [-0.05, 0) is 238 Å². The number of hydrogen-bond donors (Lipinski definition) is 0. The molecule has 26 nitrogen and oxygen atoms in total. The number of benzene rings is 5. The summed E-state index contributed by atoms with van der Waals surface area (Å²) in [6, 6.07) is 18.3. The van der Waals surface area contributed by atoms with Gasteiger partial charge in [0.1, 0.15) is 33.6 Å². The molecule has 0 aromatic heterocycles. The fraction of sp³-hybridized carbons (Fsp3) is 0.450. The molecule has 0 radical (unpaired) electrons. The molecule has 0 saturated heterocycles. The number of Topliss-reactive ketones (excluding diaryl/α,β-unsaturated/α-hetero) is 2. The Morgan fingerprint density at radius 1 is 0.327 bits per heavy atom. The normalized spacial score (nSPS) is 12.2. The van der Waals surface area contributed by atoms with Gasteiger partial charge in [0.25, 0.3) is 23.6 Å². The molecule has 0 aliphatic rings. The van der Waals surface area contributed by atoms with Gasteiger partial charge in [-0.3, -0.25) is 28.8 Å². The van der Waals surface area contributed by atoms with Crippen molar-refractivity contribution in [3.05, 3.63) is 138 Å². The summed E-state index contributed by atoms with van der Waals surface area (Å²) in [5, 5.41) is 8.29. The molecule has 0 N–H and O–H groups in total. The zero-order valence-electron chi connectivity index (χ0n) is 66.8. The molecule has 0 aliphatic heterocycles. The number of carbonyl (C=O) groups excluding carboxylic acids is 12. The fourth-order valence-electron chi connectivity index (χ4n) is 9.37. The SMILES string of the molecule is CCC(C)(C)OC(=O)N(/N=C(/C(C)=O)C(=O)N(C(=O)OC(C)(C)CC)c1cc(Cl)c(N(C(=O)OC(C)(C)CC)C(=O)/C(=N\N(C(=O)OC(C)(C)CC)c2cc(C(=O)N(C(=O)OC(C)(C)CC)c3cccc(C)c3C)ccc2Cl)C(C)=O)cc1C)c1cc(C(=O)N(C(=O)OC(C)(C)CC)c2cccc(Cl)c2C)ccc1Cl. The van der Waals surface area contributed by atoms with Crippen LogP contribution in [0.2, 0.25) is 20.1 Å². The van der Waals surface area contributed by atoms with Gasteiger partial charge < -0.3 is 28.4 Å². The first kappa shape index (κ1) is 90.9. The standard InChI is InChI=1S/C80H98Cl4N8O18/c1-25-75(13,14)105-69(99)87(57-35-31-33-45(7)47(57)9)65(95)51-37-39-54(82)61(42-51)92(74(104)110-80(23,24)30-6)86-64(50(12)94)68(98)90(72(102)108-78(19,20)28-4)60-41-46(8)59(44-56(60)84)89(71(101)107-77(17,18)27-3)67(97)63(49(11)93)85-91(73(103)109-79(21,22)29-5)62-43-52(38-40-55(62)83)66(96)88(70(100)106-76(15,16)26-2)58-36-32-34-53(81)48(58)10/h31-44H,25-30H2,1-24H3/b85-63-,86-64-. The molecular weight excluding hydrogens is 1500 g/mol. The molecule has 10 amide bonds.